The van der Waals surface area contributed by atoms with Gasteiger partial charge in [0.15, 0.2) is 0 Å². The molecule has 0 saturated carbocycles. The van der Waals surface area contributed by atoms with Gasteiger partial charge in [0.1, 0.15) is 17.6 Å². The van der Waals surface area contributed by atoms with E-state index in [4.69, 9.17) is 4.42 Å². The highest BCUT2D eigenvalue weighted by molar-refractivity contribution is 6.51. The molecule has 0 radical (unpaired) electrons. The van der Waals surface area contributed by atoms with Gasteiger partial charge in [-0.15, -0.1) is 0 Å². The van der Waals surface area contributed by atoms with Crippen LogP contribution in [0.4, 0.5) is 11.4 Å². The maximum atomic E-state index is 13.2. The number of hydrogen-bond donors (Lipinski definition) is 1. The van der Waals surface area contributed by atoms with Gasteiger partial charge in [0, 0.05) is 31.0 Å². The van der Waals surface area contributed by atoms with Crippen LogP contribution in [0.5, 0.6) is 0 Å². The second kappa shape index (κ2) is 7.98. The minimum Gasteiger partial charge on any atom is -0.507 e. The van der Waals surface area contributed by atoms with Gasteiger partial charge in [-0.25, -0.2) is 0 Å². The van der Waals surface area contributed by atoms with Crippen molar-refractivity contribution in [2.45, 2.75) is 6.04 Å². The van der Waals surface area contributed by atoms with Gasteiger partial charge >= 0.3 is 0 Å². The van der Waals surface area contributed by atoms with Crippen molar-refractivity contribution >= 4 is 39.6 Å². The molecule has 1 aliphatic heterocycles. The van der Waals surface area contributed by atoms with Crippen molar-refractivity contribution in [1.29, 1.82) is 0 Å². The number of fused-ring (bicyclic) bond motifs is 1. The second-order valence-electron chi connectivity index (χ2n) is 8.16. The van der Waals surface area contributed by atoms with E-state index in [1.165, 1.54) is 11.2 Å². The van der Waals surface area contributed by atoms with Crippen molar-refractivity contribution in [3.8, 4) is 0 Å². The largest absolute Gasteiger partial charge is 0.507 e. The molecule has 1 N–H and O–H groups in total. The smallest absolute Gasteiger partial charge is 0.300 e. The fourth-order valence-corrected chi connectivity index (χ4v) is 4.22. The highest BCUT2D eigenvalue weighted by Crippen LogP contribution is 2.42. The Bertz CT molecular complexity index is 1390. The van der Waals surface area contributed by atoms with Crippen LogP contribution in [0, 0.1) is 0 Å². The molecule has 1 aromatic heterocycles. The molecule has 0 spiro atoms. The Kier molecular flexibility index (Phi) is 4.98. The number of aliphatic hydroxyl groups is 1. The summed E-state index contributed by atoms with van der Waals surface area (Å²) in [6, 6.07) is 23.0. The Morgan fingerprint density at radius 2 is 1.64 bits per heavy atom. The summed E-state index contributed by atoms with van der Waals surface area (Å²) in [5.74, 6) is -1.30. The molecule has 1 atom stereocenters. The quantitative estimate of drug-likeness (QED) is 0.272. The zero-order valence-electron chi connectivity index (χ0n) is 18.2. The Balaban J connectivity index is 1.67. The molecular formula is C27H22N2O4. The summed E-state index contributed by atoms with van der Waals surface area (Å²) in [6.45, 7) is 0. The van der Waals surface area contributed by atoms with Crippen molar-refractivity contribution in [2.75, 3.05) is 23.9 Å². The third-order valence-corrected chi connectivity index (χ3v) is 5.92. The van der Waals surface area contributed by atoms with Crippen LogP contribution in [0.25, 0.3) is 16.5 Å². The van der Waals surface area contributed by atoms with Crippen molar-refractivity contribution < 1.29 is 19.1 Å². The van der Waals surface area contributed by atoms with Crippen LogP contribution >= 0.6 is 0 Å². The third kappa shape index (κ3) is 3.46. The number of carbonyl (C=O) groups is 2. The van der Waals surface area contributed by atoms with Gasteiger partial charge < -0.3 is 14.4 Å². The molecule has 164 valence electrons. The molecule has 2 heterocycles. The fourth-order valence-electron chi connectivity index (χ4n) is 4.22. The first-order chi connectivity index (χ1) is 16.0. The average molecular weight is 438 g/mol. The van der Waals surface area contributed by atoms with Crippen LogP contribution < -0.4 is 9.80 Å². The maximum absolute atomic E-state index is 13.2. The molecular weight excluding hydrogens is 416 g/mol. The second-order valence-corrected chi connectivity index (χ2v) is 8.16. The van der Waals surface area contributed by atoms with E-state index in [1.54, 1.807) is 30.3 Å². The molecule has 1 amide bonds. The van der Waals surface area contributed by atoms with Crippen LogP contribution in [0.1, 0.15) is 17.4 Å². The number of benzene rings is 3. The van der Waals surface area contributed by atoms with Crippen LogP contribution in [-0.4, -0.2) is 30.9 Å². The van der Waals surface area contributed by atoms with Gasteiger partial charge in [-0.2, -0.15) is 0 Å². The number of carbonyl (C=O) groups excluding carboxylic acids is 2. The number of ketones is 1. The van der Waals surface area contributed by atoms with Gasteiger partial charge in [-0.1, -0.05) is 36.4 Å². The fraction of sp³-hybridized carbons (Fsp3) is 0.111. The molecule has 6 nitrogen and oxygen atoms in total. The number of Topliss-reactive ketones (excluding diaryl/α,β-unsaturated/α-hetero) is 1. The lowest BCUT2D eigenvalue weighted by atomic mass is 9.97. The lowest BCUT2D eigenvalue weighted by Gasteiger charge is -2.24. The molecule has 1 unspecified atom stereocenters. The number of amides is 1. The number of anilines is 2. The van der Waals surface area contributed by atoms with E-state index in [9.17, 15) is 14.7 Å². The minimum absolute atomic E-state index is 0.00178. The number of nitrogens with zero attached hydrogens (tertiary/aromatic N) is 2. The third-order valence-electron chi connectivity index (χ3n) is 5.92. The summed E-state index contributed by atoms with van der Waals surface area (Å²) >= 11 is 0. The first-order valence-electron chi connectivity index (χ1n) is 10.6. The summed E-state index contributed by atoms with van der Waals surface area (Å²) in [5.41, 5.74) is 1.97. The molecule has 1 aliphatic rings. The molecule has 6 heteroatoms. The molecule has 0 bridgehead atoms. The summed E-state index contributed by atoms with van der Waals surface area (Å²) in [7, 11) is 3.85. The first kappa shape index (κ1) is 20.6. The Labute approximate surface area is 191 Å². The molecule has 33 heavy (non-hydrogen) atoms. The van der Waals surface area contributed by atoms with Crippen molar-refractivity contribution in [3.05, 3.63) is 102 Å². The van der Waals surface area contributed by atoms with E-state index in [2.05, 4.69) is 0 Å². The van der Waals surface area contributed by atoms with Crippen LogP contribution in [0.2, 0.25) is 0 Å². The minimum atomic E-state index is -0.878. The van der Waals surface area contributed by atoms with E-state index in [0.29, 0.717) is 17.0 Å². The Hall–Kier alpha value is -4.32. The van der Waals surface area contributed by atoms with Crippen LogP contribution in [0.15, 0.2) is 95.1 Å². The monoisotopic (exact) mass is 438 g/mol. The predicted molar refractivity (Wildman–Crippen MR) is 128 cm³/mol. The molecule has 1 fully saturated rings. The van der Waals surface area contributed by atoms with Crippen molar-refractivity contribution in [1.82, 2.24) is 0 Å². The van der Waals surface area contributed by atoms with Gasteiger partial charge in [0.05, 0.1) is 11.8 Å². The summed E-state index contributed by atoms with van der Waals surface area (Å²) in [5, 5.41) is 13.2. The lowest BCUT2D eigenvalue weighted by molar-refractivity contribution is -0.132. The number of rotatable bonds is 4. The average Bonchev–Trinajstić information content (AvgIpc) is 3.45. The van der Waals surface area contributed by atoms with E-state index >= 15 is 0 Å². The van der Waals surface area contributed by atoms with Gasteiger partial charge in [0.2, 0.25) is 0 Å². The normalized spacial score (nSPS) is 17.6. The standard InChI is InChI=1S/C27H22N2O4/c1-28(2)20-11-13-21(14-12-20)29-24(22-8-5-15-33-22)23(26(31)27(29)32)25(30)19-10-9-17-6-3-4-7-18(17)16-19/h3-16,24,30H,1-2H3/b25-23-. The summed E-state index contributed by atoms with van der Waals surface area (Å²) in [6.07, 6.45) is 1.49. The van der Waals surface area contributed by atoms with E-state index < -0.39 is 17.7 Å². The maximum Gasteiger partial charge on any atom is 0.300 e. The SMILES string of the molecule is CN(C)c1ccc(N2C(=O)C(=O)/C(=C(\O)c3ccc4ccccc4c3)C2c2ccco2)cc1. The highest BCUT2D eigenvalue weighted by Gasteiger charge is 2.48. The zero-order valence-corrected chi connectivity index (χ0v) is 18.2. The van der Waals surface area contributed by atoms with Gasteiger partial charge in [-0.3, -0.25) is 14.5 Å². The topological polar surface area (TPSA) is 74.0 Å². The van der Waals surface area contributed by atoms with Crippen LogP contribution in [-0.2, 0) is 9.59 Å². The van der Waals surface area contributed by atoms with Crippen molar-refractivity contribution in [2.24, 2.45) is 0 Å². The van der Waals surface area contributed by atoms with Crippen molar-refractivity contribution in [3.63, 3.8) is 0 Å². The Morgan fingerprint density at radius 1 is 0.909 bits per heavy atom. The number of hydrogen-bond acceptors (Lipinski definition) is 5. The summed E-state index contributed by atoms with van der Waals surface area (Å²) in [4.78, 5) is 29.7. The van der Waals surface area contributed by atoms with Gasteiger partial charge in [-0.05, 0) is 53.2 Å². The van der Waals surface area contributed by atoms with E-state index in [-0.39, 0.29) is 11.3 Å². The molecule has 0 aliphatic carbocycles. The van der Waals surface area contributed by atoms with Gasteiger partial charge in [0.25, 0.3) is 11.7 Å². The highest BCUT2D eigenvalue weighted by atomic mass is 16.3. The summed E-state index contributed by atoms with van der Waals surface area (Å²) < 4.78 is 5.61. The lowest BCUT2D eigenvalue weighted by Crippen LogP contribution is -2.29. The Morgan fingerprint density at radius 3 is 2.30 bits per heavy atom. The number of furan rings is 1. The molecule has 3 aromatic carbocycles. The first-order valence-corrected chi connectivity index (χ1v) is 10.6. The van der Waals surface area contributed by atoms with E-state index in [0.717, 1.165) is 16.5 Å². The molecule has 5 rings (SSSR count). The zero-order chi connectivity index (χ0) is 23.1. The molecule has 4 aromatic rings. The van der Waals surface area contributed by atoms with Crippen LogP contribution in [0.3, 0.4) is 0 Å². The predicted octanol–water partition coefficient (Wildman–Crippen LogP) is 5.13. The molecule has 1 saturated heterocycles. The van der Waals surface area contributed by atoms with E-state index in [1.807, 2.05) is 67.5 Å². The number of aliphatic hydroxyl groups excluding tert-OH is 1.